The van der Waals surface area contributed by atoms with Crippen LogP contribution in [-0.4, -0.2) is 17.2 Å². The van der Waals surface area contributed by atoms with Crippen molar-refractivity contribution in [3.8, 4) is 17.6 Å². The second-order valence-electron chi connectivity index (χ2n) is 7.29. The third-order valence-corrected chi connectivity index (χ3v) is 5.58. The largest absolute Gasteiger partial charge is 0.507 e. The third kappa shape index (κ3) is 5.12. The molecule has 0 saturated carbocycles. The topological polar surface area (TPSA) is 94.7 Å². The molecule has 8 heteroatoms. The van der Waals surface area contributed by atoms with E-state index < -0.39 is 5.91 Å². The van der Waals surface area contributed by atoms with Crippen molar-refractivity contribution >= 4 is 46.1 Å². The molecule has 34 heavy (non-hydrogen) atoms. The van der Waals surface area contributed by atoms with Crippen molar-refractivity contribution in [1.29, 1.82) is 5.26 Å². The van der Waals surface area contributed by atoms with E-state index in [1.165, 1.54) is 12.3 Å². The van der Waals surface area contributed by atoms with E-state index in [-0.39, 0.29) is 33.7 Å². The molecule has 0 aliphatic heterocycles. The van der Waals surface area contributed by atoms with Gasteiger partial charge in [-0.2, -0.15) is 10.4 Å². The maximum atomic E-state index is 12.5. The lowest BCUT2D eigenvalue weighted by atomic mass is 10.1. The summed E-state index contributed by atoms with van der Waals surface area (Å²) in [4.78, 5) is 12.5. The molecule has 0 bridgehead atoms. The van der Waals surface area contributed by atoms with E-state index in [1.807, 2.05) is 30.3 Å². The molecule has 6 nitrogen and oxygen atoms in total. The Balaban J connectivity index is 1.45. The summed E-state index contributed by atoms with van der Waals surface area (Å²) >= 11 is 12.7. The first kappa shape index (κ1) is 23.1. The maximum Gasteiger partial charge on any atom is 0.275 e. The lowest BCUT2D eigenvalue weighted by Crippen LogP contribution is -2.17. The van der Waals surface area contributed by atoms with Crippen LogP contribution in [0.25, 0.3) is 10.8 Å². The Morgan fingerprint density at radius 1 is 1.03 bits per heavy atom. The molecule has 0 atom stereocenters. The summed E-state index contributed by atoms with van der Waals surface area (Å²) in [5.41, 5.74) is 4.24. The van der Waals surface area contributed by atoms with Gasteiger partial charge >= 0.3 is 0 Å². The van der Waals surface area contributed by atoms with Gasteiger partial charge in [-0.05, 0) is 46.7 Å². The van der Waals surface area contributed by atoms with E-state index >= 15 is 0 Å². The second kappa shape index (κ2) is 10.3. The lowest BCUT2D eigenvalue weighted by Gasteiger charge is -2.11. The van der Waals surface area contributed by atoms with E-state index in [0.717, 1.165) is 10.8 Å². The molecule has 0 radical (unpaired) electrons. The smallest absolute Gasteiger partial charge is 0.275 e. The Bertz CT molecular complexity index is 1440. The molecule has 0 saturated heterocycles. The van der Waals surface area contributed by atoms with Gasteiger partial charge in [0.25, 0.3) is 5.91 Å². The van der Waals surface area contributed by atoms with E-state index in [9.17, 15) is 15.2 Å². The lowest BCUT2D eigenvalue weighted by molar-refractivity contribution is 0.0952. The monoisotopic (exact) mass is 489 g/mol. The van der Waals surface area contributed by atoms with Crippen LogP contribution in [0.15, 0.2) is 77.9 Å². The number of amides is 1. The molecule has 4 aromatic rings. The molecule has 4 aromatic carbocycles. The summed E-state index contributed by atoms with van der Waals surface area (Å²) in [5.74, 6) is -0.428. The van der Waals surface area contributed by atoms with Gasteiger partial charge in [0.05, 0.1) is 33.5 Å². The maximum absolute atomic E-state index is 12.5. The number of hydrogen-bond acceptors (Lipinski definition) is 5. The van der Waals surface area contributed by atoms with Gasteiger partial charge in [-0.3, -0.25) is 4.79 Å². The summed E-state index contributed by atoms with van der Waals surface area (Å²) in [6, 6.07) is 22.9. The number of nitrogens with one attached hydrogen (secondary N) is 1. The number of carbonyl (C=O) groups is 1. The fourth-order valence-electron chi connectivity index (χ4n) is 3.33. The highest BCUT2D eigenvalue weighted by atomic mass is 35.5. The van der Waals surface area contributed by atoms with Crippen molar-refractivity contribution in [3.05, 3.63) is 105 Å². The molecule has 0 fully saturated rings. The van der Waals surface area contributed by atoms with Crippen LogP contribution in [0.4, 0.5) is 0 Å². The Morgan fingerprint density at radius 3 is 2.38 bits per heavy atom. The summed E-state index contributed by atoms with van der Waals surface area (Å²) in [6.45, 7) is 0.127. The van der Waals surface area contributed by atoms with Gasteiger partial charge in [0.15, 0.2) is 5.75 Å². The summed E-state index contributed by atoms with van der Waals surface area (Å²) in [7, 11) is 0. The average Bonchev–Trinajstić information content (AvgIpc) is 2.83. The van der Waals surface area contributed by atoms with Crippen LogP contribution < -0.4 is 10.2 Å². The van der Waals surface area contributed by atoms with Gasteiger partial charge in [0.1, 0.15) is 12.4 Å². The minimum Gasteiger partial charge on any atom is -0.507 e. The predicted molar refractivity (Wildman–Crippen MR) is 133 cm³/mol. The highest BCUT2D eigenvalue weighted by Gasteiger charge is 2.13. The van der Waals surface area contributed by atoms with Crippen molar-refractivity contribution < 1.29 is 14.6 Å². The number of hydrogen-bond donors (Lipinski definition) is 2. The van der Waals surface area contributed by atoms with E-state index in [1.54, 1.807) is 36.4 Å². The van der Waals surface area contributed by atoms with E-state index in [4.69, 9.17) is 27.9 Å². The first-order chi connectivity index (χ1) is 16.5. The number of benzene rings is 4. The fraction of sp³-hybridized carbons (Fsp3) is 0.0385. The van der Waals surface area contributed by atoms with Gasteiger partial charge in [-0.25, -0.2) is 5.43 Å². The summed E-state index contributed by atoms with van der Waals surface area (Å²) in [6.07, 6.45) is 1.38. The van der Waals surface area contributed by atoms with Gasteiger partial charge in [-0.1, -0.05) is 65.7 Å². The highest BCUT2D eigenvalue weighted by Crippen LogP contribution is 2.34. The van der Waals surface area contributed by atoms with Crippen molar-refractivity contribution in [2.45, 2.75) is 6.61 Å². The number of nitriles is 1. The molecule has 0 aliphatic rings. The molecule has 0 heterocycles. The molecular weight excluding hydrogens is 473 g/mol. The highest BCUT2D eigenvalue weighted by molar-refractivity contribution is 6.37. The van der Waals surface area contributed by atoms with Crippen LogP contribution in [0.3, 0.4) is 0 Å². The SMILES string of the molecule is N#Cc1ccccc1COc1c(Cl)cc(C=NNC(=O)c2cc3ccccc3cc2O)cc1Cl. The quantitative estimate of drug-likeness (QED) is 0.254. The number of ether oxygens (including phenoxy) is 1. The van der Waals surface area contributed by atoms with Crippen LogP contribution >= 0.6 is 23.2 Å². The van der Waals surface area contributed by atoms with Crippen LogP contribution in [0, 0.1) is 11.3 Å². The zero-order valence-corrected chi connectivity index (χ0v) is 19.1. The first-order valence-electron chi connectivity index (χ1n) is 10.1. The zero-order chi connectivity index (χ0) is 24.1. The number of fused-ring (bicyclic) bond motifs is 1. The number of rotatable bonds is 6. The van der Waals surface area contributed by atoms with Crippen molar-refractivity contribution in [2.75, 3.05) is 0 Å². The van der Waals surface area contributed by atoms with Gasteiger partial charge in [-0.15, -0.1) is 0 Å². The Kier molecular flexibility index (Phi) is 6.98. The first-order valence-corrected chi connectivity index (χ1v) is 10.9. The van der Waals surface area contributed by atoms with Crippen LogP contribution in [-0.2, 0) is 6.61 Å². The number of halogens is 2. The van der Waals surface area contributed by atoms with Crippen LogP contribution in [0.5, 0.6) is 11.5 Å². The average molecular weight is 490 g/mol. The molecule has 0 spiro atoms. The van der Waals surface area contributed by atoms with Gasteiger partial charge < -0.3 is 9.84 Å². The van der Waals surface area contributed by atoms with Crippen molar-refractivity contribution in [3.63, 3.8) is 0 Å². The molecule has 0 unspecified atom stereocenters. The normalized spacial score (nSPS) is 10.9. The van der Waals surface area contributed by atoms with Crippen molar-refractivity contribution in [1.82, 2.24) is 5.43 Å². The second-order valence-corrected chi connectivity index (χ2v) is 8.10. The third-order valence-electron chi connectivity index (χ3n) is 5.02. The number of aromatic hydroxyl groups is 1. The van der Waals surface area contributed by atoms with E-state index in [0.29, 0.717) is 16.7 Å². The van der Waals surface area contributed by atoms with Crippen LogP contribution in [0.1, 0.15) is 27.0 Å². The minimum atomic E-state index is -0.562. The number of phenolic OH excluding ortho intramolecular Hbond substituents is 1. The number of hydrazone groups is 1. The molecule has 168 valence electrons. The fourth-order valence-corrected chi connectivity index (χ4v) is 3.95. The Morgan fingerprint density at radius 2 is 1.68 bits per heavy atom. The summed E-state index contributed by atoms with van der Waals surface area (Å²) < 4.78 is 5.74. The molecule has 0 aliphatic carbocycles. The standard InChI is InChI=1S/C26H17Cl2N3O3/c27-22-9-16(10-23(28)25(22)34-15-20-8-4-3-7-19(20)13-29)14-30-31-26(33)21-11-17-5-1-2-6-18(17)12-24(21)32/h1-12,14,32H,15H2,(H,31,33). The zero-order valence-electron chi connectivity index (χ0n) is 17.6. The summed E-state index contributed by atoms with van der Waals surface area (Å²) in [5, 5.41) is 25.5. The minimum absolute atomic E-state index is 0.105. The predicted octanol–water partition coefficient (Wildman–Crippen LogP) is 6.07. The number of carbonyl (C=O) groups excluding carboxylic acids is 1. The molecular formula is C26H17Cl2N3O3. The van der Waals surface area contributed by atoms with Crippen LogP contribution in [0.2, 0.25) is 10.0 Å². The number of nitrogens with zero attached hydrogens (tertiary/aromatic N) is 2. The Hall–Kier alpha value is -4.05. The Labute approximate surface area is 205 Å². The number of phenols is 1. The van der Waals surface area contributed by atoms with E-state index in [2.05, 4.69) is 16.6 Å². The molecule has 1 amide bonds. The molecule has 2 N–H and O–H groups in total. The van der Waals surface area contributed by atoms with Gasteiger partial charge in [0.2, 0.25) is 0 Å². The van der Waals surface area contributed by atoms with Gasteiger partial charge in [0, 0.05) is 5.56 Å². The molecule has 0 aromatic heterocycles. The molecule has 4 rings (SSSR count). The van der Waals surface area contributed by atoms with Crippen molar-refractivity contribution in [2.24, 2.45) is 5.10 Å².